The van der Waals surface area contributed by atoms with Crippen molar-refractivity contribution in [2.75, 3.05) is 26.7 Å². The fourth-order valence-corrected chi connectivity index (χ4v) is 3.49. The van der Waals surface area contributed by atoms with Crippen molar-refractivity contribution < 1.29 is 9.13 Å². The van der Waals surface area contributed by atoms with Crippen LogP contribution in [0.2, 0.25) is 0 Å². The Balaban J connectivity index is 1.73. The maximum absolute atomic E-state index is 14.0. The Morgan fingerprint density at radius 2 is 2.20 bits per heavy atom. The van der Waals surface area contributed by atoms with Crippen LogP contribution in [0.4, 0.5) is 4.39 Å². The number of rotatable bonds is 3. The van der Waals surface area contributed by atoms with E-state index in [0.717, 1.165) is 24.4 Å². The van der Waals surface area contributed by atoms with Crippen LogP contribution in [-0.2, 0) is 6.54 Å². The van der Waals surface area contributed by atoms with Crippen LogP contribution in [0, 0.1) is 5.82 Å². The lowest BCUT2D eigenvalue weighted by molar-refractivity contribution is 0.0532. The first-order valence-corrected chi connectivity index (χ1v) is 7.48. The van der Waals surface area contributed by atoms with E-state index in [-0.39, 0.29) is 5.82 Å². The standard InChI is InChI=1S/C16H23FN2O/c1-12-9-18-7-3-4-14(18)11-19(12)10-13-8-15(20-2)5-6-16(13)17/h5-6,8,12,14H,3-4,7,9-11H2,1-2H3/t12-,14-/m0/s1. The van der Waals surface area contributed by atoms with Crippen molar-refractivity contribution in [3.63, 3.8) is 0 Å². The van der Waals surface area contributed by atoms with E-state index in [9.17, 15) is 4.39 Å². The van der Waals surface area contributed by atoms with E-state index >= 15 is 0 Å². The molecule has 2 aliphatic heterocycles. The smallest absolute Gasteiger partial charge is 0.127 e. The summed E-state index contributed by atoms with van der Waals surface area (Å²) in [5, 5.41) is 0. The molecule has 0 spiro atoms. The SMILES string of the molecule is COc1ccc(F)c(CN2C[C@@H]3CCCN3C[C@@H]2C)c1. The van der Waals surface area contributed by atoms with Gasteiger partial charge in [-0.2, -0.15) is 0 Å². The van der Waals surface area contributed by atoms with Crippen LogP contribution in [0.3, 0.4) is 0 Å². The van der Waals surface area contributed by atoms with Gasteiger partial charge in [0, 0.05) is 37.3 Å². The van der Waals surface area contributed by atoms with Crippen molar-refractivity contribution in [1.82, 2.24) is 9.80 Å². The van der Waals surface area contributed by atoms with Crippen LogP contribution in [0.5, 0.6) is 5.75 Å². The summed E-state index contributed by atoms with van der Waals surface area (Å²) in [5.41, 5.74) is 0.739. The molecule has 1 aromatic carbocycles. The van der Waals surface area contributed by atoms with Gasteiger partial charge in [-0.1, -0.05) is 0 Å². The number of halogens is 1. The molecule has 0 aromatic heterocycles. The molecule has 110 valence electrons. The van der Waals surface area contributed by atoms with E-state index in [1.807, 2.05) is 6.07 Å². The van der Waals surface area contributed by atoms with Crippen molar-refractivity contribution in [2.45, 2.75) is 38.4 Å². The molecule has 2 heterocycles. The lowest BCUT2D eigenvalue weighted by atomic mass is 10.1. The first-order valence-electron chi connectivity index (χ1n) is 7.48. The third kappa shape index (κ3) is 2.67. The molecule has 20 heavy (non-hydrogen) atoms. The largest absolute Gasteiger partial charge is 0.497 e. The first kappa shape index (κ1) is 13.8. The Kier molecular flexibility index (Phi) is 3.94. The molecule has 3 rings (SSSR count). The van der Waals surface area contributed by atoms with Crippen LogP contribution in [-0.4, -0.2) is 48.6 Å². The van der Waals surface area contributed by atoms with Crippen LogP contribution in [0.1, 0.15) is 25.3 Å². The summed E-state index contributed by atoms with van der Waals surface area (Å²) < 4.78 is 19.2. The highest BCUT2D eigenvalue weighted by atomic mass is 19.1. The summed E-state index contributed by atoms with van der Waals surface area (Å²) in [4.78, 5) is 4.99. The summed E-state index contributed by atoms with van der Waals surface area (Å²) in [6.07, 6.45) is 2.59. The van der Waals surface area contributed by atoms with Gasteiger partial charge in [-0.25, -0.2) is 4.39 Å². The van der Waals surface area contributed by atoms with Gasteiger partial charge in [0.1, 0.15) is 11.6 Å². The predicted octanol–water partition coefficient (Wildman–Crippen LogP) is 2.50. The number of nitrogens with zero attached hydrogens (tertiary/aromatic N) is 2. The molecule has 0 saturated carbocycles. The van der Waals surface area contributed by atoms with Gasteiger partial charge in [-0.15, -0.1) is 0 Å². The van der Waals surface area contributed by atoms with Gasteiger partial charge in [0.05, 0.1) is 7.11 Å². The third-order valence-electron chi connectivity index (χ3n) is 4.69. The molecule has 2 saturated heterocycles. The van der Waals surface area contributed by atoms with Crippen molar-refractivity contribution in [3.8, 4) is 5.75 Å². The van der Waals surface area contributed by atoms with Crippen LogP contribution in [0.15, 0.2) is 18.2 Å². The molecule has 2 fully saturated rings. The number of benzene rings is 1. The normalized spacial score (nSPS) is 27.6. The molecule has 3 nitrogen and oxygen atoms in total. The van der Waals surface area contributed by atoms with Gasteiger partial charge in [0.2, 0.25) is 0 Å². The topological polar surface area (TPSA) is 15.7 Å². The molecular formula is C16H23FN2O. The lowest BCUT2D eigenvalue weighted by Gasteiger charge is -2.42. The molecule has 2 atom stereocenters. The molecule has 0 amide bonds. The zero-order chi connectivity index (χ0) is 14.1. The average molecular weight is 278 g/mol. The average Bonchev–Trinajstić information content (AvgIpc) is 2.88. The molecule has 0 unspecified atom stereocenters. The second-order valence-corrected chi connectivity index (χ2v) is 6.03. The number of fused-ring (bicyclic) bond motifs is 1. The minimum absolute atomic E-state index is 0.133. The van der Waals surface area contributed by atoms with Gasteiger partial charge in [-0.05, 0) is 44.5 Å². The fourth-order valence-electron chi connectivity index (χ4n) is 3.49. The molecule has 0 radical (unpaired) electrons. The van der Waals surface area contributed by atoms with Crippen molar-refractivity contribution in [2.24, 2.45) is 0 Å². The van der Waals surface area contributed by atoms with E-state index < -0.39 is 0 Å². The van der Waals surface area contributed by atoms with Gasteiger partial charge in [0.25, 0.3) is 0 Å². The molecular weight excluding hydrogens is 255 g/mol. The summed E-state index contributed by atoms with van der Waals surface area (Å²) in [5.74, 6) is 0.598. The quantitative estimate of drug-likeness (QED) is 0.845. The Bertz CT molecular complexity index is 480. The molecule has 2 aliphatic rings. The number of hydrogen-bond donors (Lipinski definition) is 0. The van der Waals surface area contributed by atoms with Crippen molar-refractivity contribution in [3.05, 3.63) is 29.6 Å². The zero-order valence-corrected chi connectivity index (χ0v) is 12.3. The molecule has 1 aromatic rings. The maximum atomic E-state index is 14.0. The number of hydrogen-bond acceptors (Lipinski definition) is 3. The van der Waals surface area contributed by atoms with Gasteiger partial charge >= 0.3 is 0 Å². The van der Waals surface area contributed by atoms with Gasteiger partial charge < -0.3 is 4.74 Å². The minimum atomic E-state index is -0.133. The van der Waals surface area contributed by atoms with Crippen molar-refractivity contribution >= 4 is 0 Å². The van der Waals surface area contributed by atoms with Crippen molar-refractivity contribution in [1.29, 1.82) is 0 Å². The molecule has 0 bridgehead atoms. The first-order chi connectivity index (χ1) is 9.67. The summed E-state index contributed by atoms with van der Waals surface area (Å²) in [6.45, 7) is 6.31. The second kappa shape index (κ2) is 5.70. The number of methoxy groups -OCH3 is 1. The highest BCUT2D eigenvalue weighted by molar-refractivity contribution is 5.29. The number of piperazine rings is 1. The van der Waals surface area contributed by atoms with Gasteiger partial charge in [-0.3, -0.25) is 9.80 Å². The zero-order valence-electron chi connectivity index (χ0n) is 12.3. The Morgan fingerprint density at radius 3 is 3.00 bits per heavy atom. The van der Waals surface area contributed by atoms with E-state index in [1.165, 1.54) is 25.5 Å². The minimum Gasteiger partial charge on any atom is -0.497 e. The van der Waals surface area contributed by atoms with E-state index in [2.05, 4.69) is 16.7 Å². The Morgan fingerprint density at radius 1 is 1.35 bits per heavy atom. The van der Waals surface area contributed by atoms with Crippen LogP contribution in [0.25, 0.3) is 0 Å². The third-order valence-corrected chi connectivity index (χ3v) is 4.69. The summed E-state index contributed by atoms with van der Waals surface area (Å²) >= 11 is 0. The van der Waals surface area contributed by atoms with E-state index in [0.29, 0.717) is 18.6 Å². The fraction of sp³-hybridized carbons (Fsp3) is 0.625. The summed E-state index contributed by atoms with van der Waals surface area (Å²) in [7, 11) is 1.62. The van der Waals surface area contributed by atoms with Crippen LogP contribution >= 0.6 is 0 Å². The van der Waals surface area contributed by atoms with E-state index in [4.69, 9.17) is 4.74 Å². The Hall–Kier alpha value is -1.13. The highest BCUT2D eigenvalue weighted by Crippen LogP contribution is 2.27. The monoisotopic (exact) mass is 278 g/mol. The number of ether oxygens (including phenoxy) is 1. The lowest BCUT2D eigenvalue weighted by Crippen LogP contribution is -2.54. The molecule has 0 N–H and O–H groups in total. The van der Waals surface area contributed by atoms with E-state index in [1.54, 1.807) is 13.2 Å². The summed E-state index contributed by atoms with van der Waals surface area (Å²) in [6, 6.07) is 6.15. The molecule has 4 heteroatoms. The van der Waals surface area contributed by atoms with Crippen LogP contribution < -0.4 is 4.74 Å². The Labute approximate surface area is 120 Å². The maximum Gasteiger partial charge on any atom is 0.127 e. The van der Waals surface area contributed by atoms with Gasteiger partial charge in [0.15, 0.2) is 0 Å². The molecule has 0 aliphatic carbocycles. The highest BCUT2D eigenvalue weighted by Gasteiger charge is 2.34. The predicted molar refractivity (Wildman–Crippen MR) is 77.4 cm³/mol. The second-order valence-electron chi connectivity index (χ2n) is 6.03.